The number of nitro groups is 1. The van der Waals surface area contributed by atoms with Crippen molar-refractivity contribution < 1.29 is 9.72 Å². The van der Waals surface area contributed by atoms with Gasteiger partial charge in [-0.1, -0.05) is 0 Å². The molecule has 0 aliphatic rings. The van der Waals surface area contributed by atoms with Gasteiger partial charge in [-0.05, 0) is 13.0 Å². The molecule has 8 heteroatoms. The topological polar surface area (TPSA) is 113 Å². The summed E-state index contributed by atoms with van der Waals surface area (Å²) in [7, 11) is 0. The van der Waals surface area contributed by atoms with Crippen molar-refractivity contribution in [2.45, 2.75) is 6.92 Å². The Hall–Kier alpha value is -2.90. The van der Waals surface area contributed by atoms with Gasteiger partial charge in [0, 0.05) is 36.8 Å². The Balaban J connectivity index is 2.33. The van der Waals surface area contributed by atoms with Crippen molar-refractivity contribution >= 4 is 23.2 Å². The number of anilines is 2. The van der Waals surface area contributed by atoms with Crippen LogP contribution in [0.4, 0.5) is 17.3 Å². The monoisotopic (exact) mass is 275 g/mol. The maximum atomic E-state index is 12.1. The molecule has 0 spiro atoms. The lowest BCUT2D eigenvalue weighted by Gasteiger charge is -2.09. The fourth-order valence-electron chi connectivity index (χ4n) is 1.69. The third-order valence-corrected chi connectivity index (χ3v) is 2.56. The molecule has 1 amide bonds. The summed E-state index contributed by atoms with van der Waals surface area (Å²) in [4.78, 5) is 29.0. The summed E-state index contributed by atoms with van der Waals surface area (Å²) in [5.41, 5.74) is 0.579. The maximum Gasteiger partial charge on any atom is 0.270 e. The Labute approximate surface area is 114 Å². The Morgan fingerprint density at radius 3 is 2.90 bits per heavy atom. The number of amides is 1. The van der Waals surface area contributed by atoms with Gasteiger partial charge in [0.05, 0.1) is 10.5 Å². The summed E-state index contributed by atoms with van der Waals surface area (Å²) in [6.45, 7) is 2.47. The highest BCUT2D eigenvalue weighted by atomic mass is 16.6. The number of carbonyl (C=O) groups excluding carboxylic acids is 1. The fourth-order valence-corrected chi connectivity index (χ4v) is 1.69. The zero-order valence-electron chi connectivity index (χ0n) is 10.7. The smallest absolute Gasteiger partial charge is 0.270 e. The van der Waals surface area contributed by atoms with E-state index >= 15 is 0 Å². The Morgan fingerprint density at radius 2 is 2.30 bits per heavy atom. The van der Waals surface area contributed by atoms with Gasteiger partial charge in [-0.2, -0.15) is 0 Å². The van der Waals surface area contributed by atoms with Crippen LogP contribution in [0.15, 0.2) is 30.6 Å². The van der Waals surface area contributed by atoms with Crippen molar-refractivity contribution in [3.8, 4) is 0 Å². The van der Waals surface area contributed by atoms with E-state index in [-0.39, 0.29) is 17.2 Å². The summed E-state index contributed by atoms with van der Waals surface area (Å²) in [5, 5.41) is 16.3. The van der Waals surface area contributed by atoms with E-state index in [9.17, 15) is 14.9 Å². The van der Waals surface area contributed by atoms with Gasteiger partial charge in [0.25, 0.3) is 11.6 Å². The molecule has 0 atom stereocenters. The first-order valence-electron chi connectivity index (χ1n) is 5.95. The van der Waals surface area contributed by atoms with Crippen molar-refractivity contribution in [3.63, 3.8) is 0 Å². The second-order valence-electron chi connectivity index (χ2n) is 3.91. The zero-order valence-corrected chi connectivity index (χ0v) is 10.7. The van der Waals surface area contributed by atoms with Crippen LogP contribution in [-0.4, -0.2) is 27.3 Å². The molecule has 0 saturated heterocycles. The number of aromatic amines is 1. The number of nitrogens with one attached hydrogen (secondary N) is 3. The molecule has 0 aliphatic carbocycles. The zero-order chi connectivity index (χ0) is 14.5. The summed E-state index contributed by atoms with van der Waals surface area (Å²) >= 11 is 0. The third-order valence-electron chi connectivity index (χ3n) is 2.56. The predicted octanol–water partition coefficient (Wildman–Crippen LogP) is 2.00. The van der Waals surface area contributed by atoms with Crippen LogP contribution < -0.4 is 10.6 Å². The highest BCUT2D eigenvalue weighted by Gasteiger charge is 2.17. The second kappa shape index (κ2) is 5.83. The molecule has 0 bridgehead atoms. The van der Waals surface area contributed by atoms with Crippen molar-refractivity contribution in [2.75, 3.05) is 17.2 Å². The van der Waals surface area contributed by atoms with Crippen molar-refractivity contribution in [2.24, 2.45) is 0 Å². The minimum Gasteiger partial charge on any atom is -0.385 e. The molecule has 1 aromatic carbocycles. The van der Waals surface area contributed by atoms with Gasteiger partial charge in [-0.3, -0.25) is 20.2 Å². The molecule has 1 aromatic heterocycles. The lowest BCUT2D eigenvalue weighted by molar-refractivity contribution is -0.384. The lowest BCUT2D eigenvalue weighted by atomic mass is 10.1. The van der Waals surface area contributed by atoms with E-state index in [1.54, 1.807) is 6.20 Å². The van der Waals surface area contributed by atoms with Crippen LogP contribution in [0, 0.1) is 10.1 Å². The van der Waals surface area contributed by atoms with Gasteiger partial charge in [-0.25, -0.2) is 4.98 Å². The van der Waals surface area contributed by atoms with Crippen LogP contribution in [0.1, 0.15) is 17.3 Å². The summed E-state index contributed by atoms with van der Waals surface area (Å²) in [6, 6.07) is 4.09. The van der Waals surface area contributed by atoms with Crippen molar-refractivity contribution in [1.29, 1.82) is 0 Å². The number of nitro benzene ring substituents is 1. The number of aromatic nitrogens is 2. The van der Waals surface area contributed by atoms with E-state index < -0.39 is 10.8 Å². The van der Waals surface area contributed by atoms with E-state index in [1.807, 2.05) is 6.92 Å². The van der Waals surface area contributed by atoms with Crippen LogP contribution in [-0.2, 0) is 0 Å². The molecule has 2 rings (SSSR count). The molecule has 104 valence electrons. The molecule has 0 saturated carbocycles. The summed E-state index contributed by atoms with van der Waals surface area (Å²) in [5.74, 6) is -0.191. The van der Waals surface area contributed by atoms with Crippen molar-refractivity contribution in [3.05, 3.63) is 46.3 Å². The lowest BCUT2D eigenvalue weighted by Crippen LogP contribution is -2.16. The highest BCUT2D eigenvalue weighted by Crippen LogP contribution is 2.22. The number of carbonyl (C=O) groups is 1. The van der Waals surface area contributed by atoms with E-state index in [2.05, 4.69) is 20.6 Å². The number of hydrogen-bond donors (Lipinski definition) is 3. The SMILES string of the molecule is CCNc1ccc([N+](=O)[O-])cc1C(=O)Nc1ncc[nH]1. The molecule has 0 fully saturated rings. The van der Waals surface area contributed by atoms with Crippen LogP contribution >= 0.6 is 0 Å². The first-order chi connectivity index (χ1) is 9.61. The number of rotatable bonds is 5. The molecule has 8 nitrogen and oxygen atoms in total. The van der Waals surface area contributed by atoms with Gasteiger partial charge in [-0.15, -0.1) is 0 Å². The third kappa shape index (κ3) is 2.91. The molecule has 0 unspecified atom stereocenters. The minimum atomic E-state index is -0.542. The van der Waals surface area contributed by atoms with Crippen molar-refractivity contribution in [1.82, 2.24) is 9.97 Å². The molecule has 0 radical (unpaired) electrons. The van der Waals surface area contributed by atoms with Crippen LogP contribution in [0.3, 0.4) is 0 Å². The molecular weight excluding hydrogens is 262 g/mol. The van der Waals surface area contributed by atoms with Gasteiger partial charge in [0.2, 0.25) is 5.95 Å². The predicted molar refractivity (Wildman–Crippen MR) is 73.8 cm³/mol. The first kappa shape index (κ1) is 13.5. The Bertz CT molecular complexity index is 624. The number of benzene rings is 1. The molecule has 20 heavy (non-hydrogen) atoms. The normalized spacial score (nSPS) is 10.1. The van der Waals surface area contributed by atoms with Crippen LogP contribution in [0.2, 0.25) is 0 Å². The number of non-ortho nitro benzene ring substituents is 1. The quantitative estimate of drug-likeness (QED) is 0.570. The molecule has 3 N–H and O–H groups in total. The maximum absolute atomic E-state index is 12.1. The van der Waals surface area contributed by atoms with Gasteiger partial charge >= 0.3 is 0 Å². The molecular formula is C12H13N5O3. The number of H-pyrrole nitrogens is 1. The largest absolute Gasteiger partial charge is 0.385 e. The molecule has 2 aromatic rings. The fraction of sp³-hybridized carbons (Fsp3) is 0.167. The first-order valence-corrected chi connectivity index (χ1v) is 5.95. The van der Waals surface area contributed by atoms with E-state index in [4.69, 9.17) is 0 Å². The highest BCUT2D eigenvalue weighted by molar-refractivity contribution is 6.07. The van der Waals surface area contributed by atoms with Gasteiger partial charge in [0.1, 0.15) is 0 Å². The van der Waals surface area contributed by atoms with E-state index in [1.165, 1.54) is 24.4 Å². The summed E-state index contributed by atoms with van der Waals surface area (Å²) < 4.78 is 0. The second-order valence-corrected chi connectivity index (χ2v) is 3.91. The average molecular weight is 275 g/mol. The number of hydrogen-bond acceptors (Lipinski definition) is 5. The van der Waals surface area contributed by atoms with Crippen LogP contribution in [0.25, 0.3) is 0 Å². The van der Waals surface area contributed by atoms with Gasteiger partial charge < -0.3 is 10.3 Å². The molecule has 1 heterocycles. The minimum absolute atomic E-state index is 0.142. The Kier molecular flexibility index (Phi) is 3.94. The molecule has 0 aliphatic heterocycles. The Morgan fingerprint density at radius 1 is 1.50 bits per heavy atom. The van der Waals surface area contributed by atoms with E-state index in [0.29, 0.717) is 12.2 Å². The number of imidazole rings is 1. The summed E-state index contributed by atoms with van der Waals surface area (Å²) in [6.07, 6.45) is 3.06. The van der Waals surface area contributed by atoms with E-state index in [0.717, 1.165) is 0 Å². The number of nitrogens with zero attached hydrogens (tertiary/aromatic N) is 2. The van der Waals surface area contributed by atoms with Gasteiger partial charge in [0.15, 0.2) is 0 Å². The standard InChI is InChI=1S/C12H13N5O3/c1-2-13-10-4-3-8(17(19)20)7-9(10)11(18)16-12-14-5-6-15-12/h3-7,13H,2H2,1H3,(H2,14,15,16,18). The van der Waals surface area contributed by atoms with Crippen LogP contribution in [0.5, 0.6) is 0 Å². The average Bonchev–Trinajstić information content (AvgIpc) is 2.92.